The van der Waals surface area contributed by atoms with Gasteiger partial charge in [-0.05, 0) is 32.9 Å². The number of nitrogens with two attached hydrogens (primary N) is 1. The lowest BCUT2D eigenvalue weighted by molar-refractivity contribution is -0.0284. The molecule has 2 N–H and O–H groups in total. The molecule has 4 nitrogen and oxygen atoms in total. The van der Waals surface area contributed by atoms with Crippen molar-refractivity contribution < 1.29 is 23.0 Å². The maximum atomic E-state index is 13.5. The number of carbonyl (C=O) groups is 1. The summed E-state index contributed by atoms with van der Waals surface area (Å²) in [5.74, 6) is -3.21. The van der Waals surface area contributed by atoms with Gasteiger partial charge in [0, 0.05) is 0 Å². The second-order valence-electron chi connectivity index (χ2n) is 4.92. The molecule has 0 saturated heterocycles. The number of ether oxygens (including phenoxy) is 2. The topological polar surface area (TPSA) is 61.5 Å². The summed E-state index contributed by atoms with van der Waals surface area (Å²) >= 11 is 0. The highest BCUT2D eigenvalue weighted by Gasteiger charge is 2.21. The molecule has 0 heterocycles. The zero-order valence-corrected chi connectivity index (χ0v) is 11.1. The predicted octanol–water partition coefficient (Wildman–Crippen LogP) is 2.52. The molecule has 106 valence electrons. The van der Waals surface area contributed by atoms with Crippen molar-refractivity contribution in [3.63, 3.8) is 0 Å². The molecule has 0 aliphatic carbocycles. The number of nitrogen functional groups attached to an aromatic ring is 1. The normalized spacial score (nSPS) is 11.4. The van der Waals surface area contributed by atoms with E-state index in [1.165, 1.54) is 0 Å². The van der Waals surface area contributed by atoms with E-state index < -0.39 is 23.2 Å². The van der Waals surface area contributed by atoms with E-state index in [-0.39, 0.29) is 24.5 Å². The Balaban J connectivity index is 2.62. The van der Waals surface area contributed by atoms with E-state index >= 15 is 0 Å². The fraction of sp³-hybridized carbons (Fsp3) is 0.462. The first kappa shape index (κ1) is 15.4. The summed E-state index contributed by atoms with van der Waals surface area (Å²) in [6.07, 6.45) is 0. The molecule has 0 atom stereocenters. The quantitative estimate of drug-likeness (QED) is 0.520. The second-order valence-corrected chi connectivity index (χ2v) is 4.92. The lowest BCUT2D eigenvalue weighted by atomic mass is 10.1. The summed E-state index contributed by atoms with van der Waals surface area (Å²) in [4.78, 5) is 11.5. The Labute approximate surface area is 110 Å². The molecule has 0 radical (unpaired) electrons. The molecule has 0 spiro atoms. The first-order chi connectivity index (χ1) is 8.72. The lowest BCUT2D eigenvalue weighted by Gasteiger charge is -2.19. The first-order valence-corrected chi connectivity index (χ1v) is 5.77. The molecule has 1 aromatic rings. The van der Waals surface area contributed by atoms with E-state index in [4.69, 9.17) is 15.2 Å². The monoisotopic (exact) mass is 273 g/mol. The van der Waals surface area contributed by atoms with Crippen LogP contribution in [0.25, 0.3) is 0 Å². The lowest BCUT2D eigenvalue weighted by Crippen LogP contribution is -2.23. The van der Waals surface area contributed by atoms with Gasteiger partial charge in [0.05, 0.1) is 17.9 Å². The van der Waals surface area contributed by atoms with E-state index in [0.717, 1.165) is 12.1 Å². The third-order valence-electron chi connectivity index (χ3n) is 2.18. The van der Waals surface area contributed by atoms with Crippen LogP contribution in [-0.2, 0) is 9.47 Å². The number of halogens is 2. The smallest absolute Gasteiger partial charge is 0.344 e. The summed E-state index contributed by atoms with van der Waals surface area (Å²) in [5.41, 5.74) is 3.80. The zero-order valence-electron chi connectivity index (χ0n) is 11.1. The molecule has 6 heteroatoms. The van der Waals surface area contributed by atoms with Crippen LogP contribution >= 0.6 is 0 Å². The van der Waals surface area contributed by atoms with Crippen molar-refractivity contribution in [2.45, 2.75) is 26.4 Å². The van der Waals surface area contributed by atoms with Gasteiger partial charge in [-0.15, -0.1) is 0 Å². The van der Waals surface area contributed by atoms with Crippen LogP contribution in [0.1, 0.15) is 31.1 Å². The Morgan fingerprint density at radius 2 is 1.89 bits per heavy atom. The van der Waals surface area contributed by atoms with Gasteiger partial charge in [0.1, 0.15) is 18.0 Å². The number of benzene rings is 1. The Hall–Kier alpha value is -1.69. The average molecular weight is 273 g/mol. The molecule has 0 bridgehead atoms. The highest BCUT2D eigenvalue weighted by molar-refractivity contribution is 5.91. The molecular weight excluding hydrogens is 256 g/mol. The fourth-order valence-electron chi connectivity index (χ4n) is 1.31. The maximum Gasteiger partial charge on any atom is 0.344 e. The van der Waals surface area contributed by atoms with Crippen LogP contribution in [0.2, 0.25) is 0 Å². The van der Waals surface area contributed by atoms with E-state index in [0.29, 0.717) is 0 Å². The molecule has 0 amide bonds. The van der Waals surface area contributed by atoms with E-state index in [2.05, 4.69) is 0 Å². The van der Waals surface area contributed by atoms with E-state index in [9.17, 15) is 13.6 Å². The third kappa shape index (κ3) is 4.48. The van der Waals surface area contributed by atoms with Crippen molar-refractivity contribution in [2.75, 3.05) is 18.9 Å². The van der Waals surface area contributed by atoms with Gasteiger partial charge >= 0.3 is 5.97 Å². The standard InChI is InChI=1S/C13H17F2NO3/c1-13(2,3)19-7-6-18-12(17)10-8(14)4-5-9(16)11(10)15/h4-5H,6-7,16H2,1-3H3. The number of hydrogen-bond acceptors (Lipinski definition) is 4. The van der Waals surface area contributed by atoms with Crippen molar-refractivity contribution in [1.82, 2.24) is 0 Å². The minimum Gasteiger partial charge on any atom is -0.459 e. The van der Waals surface area contributed by atoms with Crippen molar-refractivity contribution in [2.24, 2.45) is 0 Å². The highest BCUT2D eigenvalue weighted by atomic mass is 19.1. The van der Waals surface area contributed by atoms with Crippen LogP contribution in [-0.4, -0.2) is 24.8 Å². The molecule has 0 aromatic heterocycles. The van der Waals surface area contributed by atoms with Gasteiger partial charge in [-0.3, -0.25) is 0 Å². The Morgan fingerprint density at radius 3 is 2.47 bits per heavy atom. The molecule has 0 aliphatic rings. The summed E-state index contributed by atoms with van der Waals surface area (Å²) < 4.78 is 36.9. The van der Waals surface area contributed by atoms with Gasteiger partial charge in [0.15, 0.2) is 5.82 Å². The molecule has 0 aliphatic heterocycles. The van der Waals surface area contributed by atoms with Crippen LogP contribution in [0.15, 0.2) is 12.1 Å². The van der Waals surface area contributed by atoms with Crippen LogP contribution < -0.4 is 5.73 Å². The van der Waals surface area contributed by atoms with Crippen molar-refractivity contribution in [3.05, 3.63) is 29.3 Å². The van der Waals surface area contributed by atoms with Gasteiger partial charge in [0.2, 0.25) is 0 Å². The van der Waals surface area contributed by atoms with Crippen molar-refractivity contribution in [3.8, 4) is 0 Å². The van der Waals surface area contributed by atoms with Gasteiger partial charge in [0.25, 0.3) is 0 Å². The molecule has 0 saturated carbocycles. The number of carbonyl (C=O) groups excluding carboxylic acids is 1. The number of anilines is 1. The fourth-order valence-corrected chi connectivity index (χ4v) is 1.31. The van der Waals surface area contributed by atoms with Crippen molar-refractivity contribution in [1.29, 1.82) is 0 Å². The Bertz CT molecular complexity index is 470. The zero-order chi connectivity index (χ0) is 14.6. The predicted molar refractivity (Wildman–Crippen MR) is 66.8 cm³/mol. The number of hydrogen-bond donors (Lipinski definition) is 1. The van der Waals surface area contributed by atoms with Gasteiger partial charge in [-0.25, -0.2) is 13.6 Å². The summed E-state index contributed by atoms with van der Waals surface area (Å²) in [6, 6.07) is 1.96. The van der Waals surface area contributed by atoms with Gasteiger partial charge in [-0.1, -0.05) is 0 Å². The van der Waals surface area contributed by atoms with Crippen LogP contribution in [0.4, 0.5) is 14.5 Å². The van der Waals surface area contributed by atoms with Gasteiger partial charge in [-0.2, -0.15) is 0 Å². The van der Waals surface area contributed by atoms with Crippen LogP contribution in [0, 0.1) is 11.6 Å². The maximum absolute atomic E-state index is 13.5. The van der Waals surface area contributed by atoms with Gasteiger partial charge < -0.3 is 15.2 Å². The Kier molecular flexibility index (Phi) is 4.83. The molecule has 0 fully saturated rings. The molecule has 0 unspecified atom stereocenters. The first-order valence-electron chi connectivity index (χ1n) is 5.77. The highest BCUT2D eigenvalue weighted by Crippen LogP contribution is 2.19. The SMILES string of the molecule is CC(C)(C)OCCOC(=O)c1c(F)ccc(N)c1F. The molecule has 19 heavy (non-hydrogen) atoms. The number of esters is 1. The summed E-state index contributed by atoms with van der Waals surface area (Å²) in [5, 5.41) is 0. The molecule has 1 aromatic carbocycles. The summed E-state index contributed by atoms with van der Waals surface area (Å²) in [6.45, 7) is 5.56. The summed E-state index contributed by atoms with van der Waals surface area (Å²) in [7, 11) is 0. The minimum atomic E-state index is -1.11. The van der Waals surface area contributed by atoms with E-state index in [1.807, 2.05) is 20.8 Å². The number of rotatable bonds is 4. The van der Waals surface area contributed by atoms with Crippen LogP contribution in [0.5, 0.6) is 0 Å². The third-order valence-corrected chi connectivity index (χ3v) is 2.18. The average Bonchev–Trinajstić information content (AvgIpc) is 2.29. The second kappa shape index (κ2) is 5.97. The minimum absolute atomic E-state index is 0.0935. The van der Waals surface area contributed by atoms with Crippen molar-refractivity contribution >= 4 is 11.7 Å². The van der Waals surface area contributed by atoms with E-state index in [1.54, 1.807) is 0 Å². The van der Waals surface area contributed by atoms with Crippen LogP contribution in [0.3, 0.4) is 0 Å². The largest absolute Gasteiger partial charge is 0.459 e. The molecule has 1 rings (SSSR count). The molecular formula is C13H17F2NO3. The Morgan fingerprint density at radius 1 is 1.26 bits per heavy atom.